The first-order chi connectivity index (χ1) is 11.9. The van der Waals surface area contributed by atoms with E-state index in [2.05, 4.69) is 0 Å². The lowest BCUT2D eigenvalue weighted by molar-refractivity contribution is -0.141. The molecule has 2 heterocycles. The van der Waals surface area contributed by atoms with Gasteiger partial charge in [0.1, 0.15) is 5.92 Å². The van der Waals surface area contributed by atoms with E-state index in [1.807, 2.05) is 11.8 Å². The number of nitrogens with two attached hydrogens (primary N) is 1. The third-order valence-electron chi connectivity index (χ3n) is 5.22. The van der Waals surface area contributed by atoms with Gasteiger partial charge in [-0.1, -0.05) is 23.2 Å². The number of anilines is 1. The van der Waals surface area contributed by atoms with Gasteiger partial charge in [-0.15, -0.1) is 0 Å². The molecule has 25 heavy (non-hydrogen) atoms. The first kappa shape index (κ1) is 18.5. The van der Waals surface area contributed by atoms with Crippen LogP contribution in [-0.2, 0) is 9.59 Å². The highest BCUT2D eigenvalue weighted by Crippen LogP contribution is 2.34. The quantitative estimate of drug-likeness (QED) is 0.815. The second-order valence-electron chi connectivity index (χ2n) is 6.97. The van der Waals surface area contributed by atoms with Crippen LogP contribution in [0.3, 0.4) is 0 Å². The van der Waals surface area contributed by atoms with E-state index < -0.39 is 5.92 Å². The first-order valence-electron chi connectivity index (χ1n) is 8.69. The monoisotopic (exact) mass is 383 g/mol. The largest absolute Gasteiger partial charge is 0.342 e. The van der Waals surface area contributed by atoms with E-state index in [1.165, 1.54) is 0 Å². The Morgan fingerprint density at radius 1 is 1.28 bits per heavy atom. The topological polar surface area (TPSA) is 66.6 Å². The summed E-state index contributed by atoms with van der Waals surface area (Å²) in [6.07, 6.45) is 2.47. The van der Waals surface area contributed by atoms with E-state index in [1.54, 1.807) is 23.1 Å². The molecule has 1 aromatic carbocycles. The number of carbonyl (C=O) groups is 2. The van der Waals surface area contributed by atoms with Gasteiger partial charge in [0, 0.05) is 30.7 Å². The third kappa shape index (κ3) is 3.78. The molecule has 2 fully saturated rings. The second-order valence-corrected chi connectivity index (χ2v) is 7.82. The molecule has 3 atom stereocenters. The van der Waals surface area contributed by atoms with E-state index in [-0.39, 0.29) is 17.9 Å². The summed E-state index contributed by atoms with van der Waals surface area (Å²) in [7, 11) is 0. The van der Waals surface area contributed by atoms with Crippen molar-refractivity contribution in [2.75, 3.05) is 24.5 Å². The van der Waals surface area contributed by atoms with Crippen LogP contribution in [0.2, 0.25) is 10.0 Å². The summed E-state index contributed by atoms with van der Waals surface area (Å²) < 4.78 is 0. The molecule has 7 heteroatoms. The molecule has 2 amide bonds. The molecule has 0 aromatic heterocycles. The Hall–Kier alpha value is -1.30. The number of hydrogen-bond donors (Lipinski definition) is 1. The van der Waals surface area contributed by atoms with Crippen LogP contribution in [0.1, 0.15) is 26.2 Å². The number of carbonyl (C=O) groups excluding carboxylic acids is 2. The molecule has 0 saturated carbocycles. The Balaban J connectivity index is 1.73. The highest BCUT2D eigenvalue weighted by atomic mass is 35.5. The predicted octanol–water partition coefficient (Wildman–Crippen LogP) is 2.93. The lowest BCUT2D eigenvalue weighted by Crippen LogP contribution is -2.48. The molecular formula is C18H23Cl2N3O2. The molecular weight excluding hydrogens is 361 g/mol. The fourth-order valence-electron chi connectivity index (χ4n) is 3.70. The van der Waals surface area contributed by atoms with E-state index in [0.717, 1.165) is 12.8 Å². The number of benzene rings is 1. The zero-order chi connectivity index (χ0) is 18.1. The zero-order valence-electron chi connectivity index (χ0n) is 14.3. The van der Waals surface area contributed by atoms with Crippen LogP contribution in [0.15, 0.2) is 18.2 Å². The lowest BCUT2D eigenvalue weighted by Gasteiger charge is -2.35. The van der Waals surface area contributed by atoms with Gasteiger partial charge in [0.25, 0.3) is 0 Å². The van der Waals surface area contributed by atoms with Crippen molar-refractivity contribution in [3.63, 3.8) is 0 Å². The van der Waals surface area contributed by atoms with Gasteiger partial charge in [0.2, 0.25) is 11.8 Å². The van der Waals surface area contributed by atoms with Gasteiger partial charge in [-0.25, -0.2) is 0 Å². The maximum Gasteiger partial charge on any atom is 0.239 e. The van der Waals surface area contributed by atoms with Crippen molar-refractivity contribution >= 4 is 40.7 Å². The van der Waals surface area contributed by atoms with Crippen LogP contribution < -0.4 is 10.6 Å². The highest BCUT2D eigenvalue weighted by molar-refractivity contribution is 6.36. The second kappa shape index (κ2) is 7.52. The maximum atomic E-state index is 12.9. The van der Waals surface area contributed by atoms with Crippen LogP contribution in [0.4, 0.5) is 5.69 Å². The van der Waals surface area contributed by atoms with Crippen molar-refractivity contribution in [1.29, 1.82) is 0 Å². The summed E-state index contributed by atoms with van der Waals surface area (Å²) in [4.78, 5) is 29.1. The van der Waals surface area contributed by atoms with Gasteiger partial charge < -0.3 is 15.5 Å². The molecule has 136 valence electrons. The summed E-state index contributed by atoms with van der Waals surface area (Å²) in [5.41, 5.74) is 6.57. The average Bonchev–Trinajstić information content (AvgIpc) is 2.98. The molecule has 2 aliphatic heterocycles. The number of amides is 2. The predicted molar refractivity (Wildman–Crippen MR) is 99.9 cm³/mol. The van der Waals surface area contributed by atoms with Crippen molar-refractivity contribution in [3.8, 4) is 0 Å². The van der Waals surface area contributed by atoms with Crippen LogP contribution in [0.25, 0.3) is 0 Å². The van der Waals surface area contributed by atoms with Crippen LogP contribution in [-0.4, -0.2) is 42.4 Å². The third-order valence-corrected chi connectivity index (χ3v) is 5.77. The molecule has 1 aromatic rings. The van der Waals surface area contributed by atoms with Crippen molar-refractivity contribution in [2.45, 2.75) is 32.2 Å². The highest BCUT2D eigenvalue weighted by Gasteiger charge is 2.41. The zero-order valence-corrected chi connectivity index (χ0v) is 15.8. The number of nitrogens with zero attached hydrogens (tertiary/aromatic N) is 2. The minimum absolute atomic E-state index is 0.0524. The molecule has 2 N–H and O–H groups in total. The Morgan fingerprint density at radius 3 is 2.76 bits per heavy atom. The number of halogens is 2. The molecule has 0 bridgehead atoms. The number of piperidine rings is 1. The Kier molecular flexibility index (Phi) is 5.56. The molecule has 3 rings (SSSR count). The molecule has 0 aliphatic carbocycles. The molecule has 0 spiro atoms. The van der Waals surface area contributed by atoms with Gasteiger partial charge >= 0.3 is 0 Å². The van der Waals surface area contributed by atoms with Crippen molar-refractivity contribution in [1.82, 2.24) is 4.90 Å². The molecule has 5 nitrogen and oxygen atoms in total. The normalized spacial score (nSPS) is 25.4. The smallest absolute Gasteiger partial charge is 0.239 e. The maximum absolute atomic E-state index is 12.9. The molecule has 0 unspecified atom stereocenters. The van der Waals surface area contributed by atoms with Gasteiger partial charge in [-0.2, -0.15) is 0 Å². The van der Waals surface area contributed by atoms with Crippen LogP contribution >= 0.6 is 23.2 Å². The van der Waals surface area contributed by atoms with Gasteiger partial charge in [-0.3, -0.25) is 9.59 Å². The van der Waals surface area contributed by atoms with E-state index in [0.29, 0.717) is 47.7 Å². The number of likely N-dealkylation sites (tertiary alicyclic amines) is 1. The van der Waals surface area contributed by atoms with Crippen molar-refractivity contribution < 1.29 is 9.59 Å². The van der Waals surface area contributed by atoms with E-state index >= 15 is 0 Å². The van der Waals surface area contributed by atoms with Gasteiger partial charge in [-0.05, 0) is 50.3 Å². The summed E-state index contributed by atoms with van der Waals surface area (Å²) in [5, 5.41) is 0.971. The van der Waals surface area contributed by atoms with E-state index in [9.17, 15) is 9.59 Å². The number of hydrogen-bond acceptors (Lipinski definition) is 3. The van der Waals surface area contributed by atoms with Gasteiger partial charge in [0.15, 0.2) is 0 Å². The first-order valence-corrected chi connectivity index (χ1v) is 9.45. The van der Waals surface area contributed by atoms with E-state index in [4.69, 9.17) is 28.9 Å². The Bertz CT molecular complexity index is 680. The Morgan fingerprint density at radius 2 is 2.04 bits per heavy atom. The summed E-state index contributed by atoms with van der Waals surface area (Å²) in [6.45, 7) is 3.78. The SMILES string of the molecule is C[C@H](N)[C@@H]1CCCN(C(=O)[C@H]2CCN(c3cc(Cl)ccc3Cl)C2=O)C1. The summed E-state index contributed by atoms with van der Waals surface area (Å²) >= 11 is 12.2. The minimum Gasteiger partial charge on any atom is -0.342 e. The average molecular weight is 384 g/mol. The molecule has 2 saturated heterocycles. The number of rotatable bonds is 3. The summed E-state index contributed by atoms with van der Waals surface area (Å²) in [6, 6.07) is 5.07. The molecule has 0 radical (unpaired) electrons. The van der Waals surface area contributed by atoms with Crippen molar-refractivity contribution in [3.05, 3.63) is 28.2 Å². The van der Waals surface area contributed by atoms with Gasteiger partial charge in [0.05, 0.1) is 10.7 Å². The minimum atomic E-state index is -0.637. The fraction of sp³-hybridized carbons (Fsp3) is 0.556. The van der Waals surface area contributed by atoms with Crippen LogP contribution in [0, 0.1) is 11.8 Å². The molecule has 2 aliphatic rings. The van der Waals surface area contributed by atoms with Crippen molar-refractivity contribution in [2.24, 2.45) is 17.6 Å². The lowest BCUT2D eigenvalue weighted by atomic mass is 9.91. The fourth-order valence-corrected chi connectivity index (χ4v) is 4.09. The Labute approximate surface area is 158 Å². The summed E-state index contributed by atoms with van der Waals surface area (Å²) in [5.74, 6) is -0.623. The van der Waals surface area contributed by atoms with Crippen LogP contribution in [0.5, 0.6) is 0 Å². The standard InChI is InChI=1S/C18H23Cl2N3O2/c1-11(21)12-3-2-7-22(10-12)17(24)14-6-8-23(18(14)25)16-9-13(19)4-5-15(16)20/h4-5,9,11-12,14H,2-3,6-8,10,21H2,1H3/t11-,12+,14+/m0/s1.